The van der Waals surface area contributed by atoms with Gasteiger partial charge < -0.3 is 11.1 Å². The zero-order chi connectivity index (χ0) is 13.7. The van der Waals surface area contributed by atoms with Crippen LogP contribution in [0, 0.1) is 0 Å². The maximum atomic E-state index is 5.77. The Labute approximate surface area is 119 Å². The van der Waals surface area contributed by atoms with E-state index >= 15 is 0 Å². The Balaban J connectivity index is 1.84. The molecule has 0 spiro atoms. The zero-order valence-electron chi connectivity index (χ0n) is 11.4. The molecule has 1 unspecified atom stereocenters. The van der Waals surface area contributed by atoms with Gasteiger partial charge in [0.15, 0.2) is 5.96 Å². The summed E-state index contributed by atoms with van der Waals surface area (Å²) in [6, 6.07) is 2.65. The van der Waals surface area contributed by atoms with Crippen molar-refractivity contribution >= 4 is 17.3 Å². The summed E-state index contributed by atoms with van der Waals surface area (Å²) < 4.78 is 0. The van der Waals surface area contributed by atoms with Gasteiger partial charge in [0.1, 0.15) is 0 Å². The van der Waals surface area contributed by atoms with E-state index in [2.05, 4.69) is 40.2 Å². The van der Waals surface area contributed by atoms with Gasteiger partial charge in [-0.15, -0.1) is 17.9 Å². The largest absolute Gasteiger partial charge is 0.370 e. The highest BCUT2D eigenvalue weighted by molar-refractivity contribution is 7.10. The van der Waals surface area contributed by atoms with E-state index in [4.69, 9.17) is 5.73 Å². The molecule has 4 nitrogen and oxygen atoms in total. The highest BCUT2D eigenvalue weighted by Crippen LogP contribution is 2.25. The van der Waals surface area contributed by atoms with E-state index in [1.807, 2.05) is 11.3 Å². The highest BCUT2D eigenvalue weighted by Gasteiger charge is 2.20. The van der Waals surface area contributed by atoms with Gasteiger partial charge in [0.05, 0.1) is 6.54 Å². The monoisotopic (exact) mass is 278 g/mol. The average Bonchev–Trinajstić information content (AvgIpc) is 2.89. The molecule has 1 aromatic heterocycles. The van der Waals surface area contributed by atoms with Crippen LogP contribution >= 0.6 is 11.3 Å². The first kappa shape index (κ1) is 14.1. The third-order valence-corrected chi connectivity index (χ3v) is 4.44. The second-order valence-corrected chi connectivity index (χ2v) is 5.83. The van der Waals surface area contributed by atoms with Crippen molar-refractivity contribution in [2.75, 3.05) is 19.6 Å². The lowest BCUT2D eigenvalue weighted by molar-refractivity contribution is 0.197. The van der Waals surface area contributed by atoms with Crippen molar-refractivity contribution in [3.05, 3.63) is 34.5 Å². The number of nitrogens with one attached hydrogen (secondary N) is 1. The van der Waals surface area contributed by atoms with Gasteiger partial charge in [0.25, 0.3) is 0 Å². The molecule has 0 amide bonds. The van der Waals surface area contributed by atoms with Crippen LogP contribution in [0.1, 0.15) is 17.4 Å². The number of fused-ring (bicyclic) bond motifs is 1. The molecule has 1 aromatic rings. The van der Waals surface area contributed by atoms with Gasteiger partial charge in [-0.25, -0.2) is 0 Å². The highest BCUT2D eigenvalue weighted by atomic mass is 32.1. The van der Waals surface area contributed by atoms with Crippen LogP contribution in [0.25, 0.3) is 0 Å². The summed E-state index contributed by atoms with van der Waals surface area (Å²) in [7, 11) is 0. The molecule has 1 aliphatic heterocycles. The maximum absolute atomic E-state index is 5.77. The van der Waals surface area contributed by atoms with Gasteiger partial charge in [-0.3, -0.25) is 9.89 Å². The van der Waals surface area contributed by atoms with Crippen molar-refractivity contribution in [3.8, 4) is 0 Å². The van der Waals surface area contributed by atoms with Crippen molar-refractivity contribution in [3.63, 3.8) is 0 Å². The van der Waals surface area contributed by atoms with Crippen LogP contribution in [0.2, 0.25) is 0 Å². The average molecular weight is 278 g/mol. The van der Waals surface area contributed by atoms with E-state index in [1.165, 1.54) is 5.56 Å². The summed E-state index contributed by atoms with van der Waals surface area (Å²) >= 11 is 1.87. The van der Waals surface area contributed by atoms with Crippen LogP contribution in [0.4, 0.5) is 0 Å². The molecule has 19 heavy (non-hydrogen) atoms. The molecule has 1 atom stereocenters. The lowest BCUT2D eigenvalue weighted by atomic mass is 10.1. The second-order valence-electron chi connectivity index (χ2n) is 4.83. The van der Waals surface area contributed by atoms with Crippen molar-refractivity contribution in [1.82, 2.24) is 10.2 Å². The number of hydrogen-bond donors (Lipinski definition) is 2. The SMILES string of the molecule is C=CCNC(N)=NCC(C)N1CCc2sccc2C1. The van der Waals surface area contributed by atoms with E-state index in [0.29, 0.717) is 18.5 Å². The minimum Gasteiger partial charge on any atom is -0.370 e. The van der Waals surface area contributed by atoms with E-state index in [9.17, 15) is 0 Å². The molecule has 5 heteroatoms. The Morgan fingerprint density at radius 3 is 3.37 bits per heavy atom. The Bertz CT molecular complexity index is 452. The smallest absolute Gasteiger partial charge is 0.188 e. The fourth-order valence-corrected chi connectivity index (χ4v) is 3.11. The van der Waals surface area contributed by atoms with E-state index in [0.717, 1.165) is 26.1 Å². The summed E-state index contributed by atoms with van der Waals surface area (Å²) in [5.41, 5.74) is 7.25. The topological polar surface area (TPSA) is 53.6 Å². The normalized spacial score (nSPS) is 17.8. The molecule has 0 radical (unpaired) electrons. The third-order valence-electron chi connectivity index (χ3n) is 3.41. The van der Waals surface area contributed by atoms with Crippen LogP contribution in [-0.2, 0) is 13.0 Å². The Kier molecular flexibility index (Phi) is 4.99. The first-order chi connectivity index (χ1) is 9.20. The predicted molar refractivity (Wildman–Crippen MR) is 82.6 cm³/mol. The number of nitrogens with zero attached hydrogens (tertiary/aromatic N) is 2. The Morgan fingerprint density at radius 1 is 1.74 bits per heavy atom. The first-order valence-electron chi connectivity index (χ1n) is 6.64. The number of hydrogen-bond acceptors (Lipinski definition) is 3. The predicted octanol–water partition coefficient (Wildman–Crippen LogP) is 1.58. The van der Waals surface area contributed by atoms with E-state index < -0.39 is 0 Å². The summed E-state index contributed by atoms with van der Waals surface area (Å²) in [5, 5.41) is 5.18. The minimum atomic E-state index is 0.414. The molecule has 0 saturated carbocycles. The maximum Gasteiger partial charge on any atom is 0.188 e. The fourth-order valence-electron chi connectivity index (χ4n) is 2.23. The summed E-state index contributed by atoms with van der Waals surface area (Å²) in [6.45, 7) is 9.39. The molecule has 1 aliphatic rings. The molecule has 3 N–H and O–H groups in total. The summed E-state index contributed by atoms with van der Waals surface area (Å²) in [5.74, 6) is 0.500. The molecular weight excluding hydrogens is 256 g/mol. The second kappa shape index (κ2) is 6.73. The fraction of sp³-hybridized carbons (Fsp3) is 0.500. The number of guanidine groups is 1. The quantitative estimate of drug-likeness (QED) is 0.488. The molecule has 2 heterocycles. The number of nitrogens with two attached hydrogens (primary N) is 1. The Hall–Kier alpha value is -1.33. The number of thiophene rings is 1. The third kappa shape index (κ3) is 3.81. The van der Waals surface area contributed by atoms with Gasteiger partial charge >= 0.3 is 0 Å². The van der Waals surface area contributed by atoms with Gasteiger partial charge in [-0.05, 0) is 30.4 Å². The van der Waals surface area contributed by atoms with Gasteiger partial charge in [-0.1, -0.05) is 6.08 Å². The van der Waals surface area contributed by atoms with E-state index in [-0.39, 0.29) is 0 Å². The lowest BCUT2D eigenvalue weighted by Crippen LogP contribution is -2.40. The van der Waals surface area contributed by atoms with Gasteiger partial charge in [-0.2, -0.15) is 0 Å². The molecule has 0 fully saturated rings. The van der Waals surface area contributed by atoms with E-state index in [1.54, 1.807) is 11.0 Å². The van der Waals surface area contributed by atoms with Crippen LogP contribution in [0.5, 0.6) is 0 Å². The molecule has 0 saturated heterocycles. The minimum absolute atomic E-state index is 0.414. The van der Waals surface area contributed by atoms with Crippen molar-refractivity contribution in [1.29, 1.82) is 0 Å². The van der Waals surface area contributed by atoms with Gasteiger partial charge in [0.2, 0.25) is 0 Å². The molecule has 104 valence electrons. The van der Waals surface area contributed by atoms with Crippen LogP contribution < -0.4 is 11.1 Å². The molecule has 0 aromatic carbocycles. The Morgan fingerprint density at radius 2 is 2.58 bits per heavy atom. The first-order valence-corrected chi connectivity index (χ1v) is 7.52. The van der Waals surface area contributed by atoms with Crippen molar-refractivity contribution in [2.45, 2.75) is 25.9 Å². The molecule has 0 aliphatic carbocycles. The van der Waals surface area contributed by atoms with Crippen molar-refractivity contribution < 1.29 is 0 Å². The van der Waals surface area contributed by atoms with Gasteiger partial charge in [0, 0.05) is 30.6 Å². The molecule has 0 bridgehead atoms. The summed E-state index contributed by atoms with van der Waals surface area (Å²) in [4.78, 5) is 8.39. The molecule has 2 rings (SSSR count). The number of rotatable bonds is 5. The van der Waals surface area contributed by atoms with Crippen molar-refractivity contribution in [2.24, 2.45) is 10.7 Å². The zero-order valence-corrected chi connectivity index (χ0v) is 12.2. The number of aliphatic imine (C=N–C) groups is 1. The molecular formula is C14H22N4S. The van der Waals surface area contributed by atoms with Crippen LogP contribution in [0.15, 0.2) is 29.1 Å². The van der Waals surface area contributed by atoms with Crippen LogP contribution in [-0.4, -0.2) is 36.5 Å². The summed E-state index contributed by atoms with van der Waals surface area (Å²) in [6.07, 6.45) is 2.93. The van der Waals surface area contributed by atoms with Crippen LogP contribution in [0.3, 0.4) is 0 Å². The lowest BCUT2D eigenvalue weighted by Gasteiger charge is -2.31. The standard InChI is InChI=1S/C14H22N4S/c1-3-6-16-14(15)17-9-11(2)18-7-4-13-12(10-18)5-8-19-13/h3,5,8,11H,1,4,6-7,9-10H2,2H3,(H3,15,16,17).